The molecule has 0 spiro atoms. The van der Waals surface area contributed by atoms with Gasteiger partial charge in [0.05, 0.1) is 14.2 Å². The molecule has 1 atom stereocenters. The zero-order valence-corrected chi connectivity index (χ0v) is 11.8. The number of hydrogen-bond donors (Lipinski definition) is 1. The van der Waals surface area contributed by atoms with Crippen molar-refractivity contribution in [2.75, 3.05) is 27.8 Å². The van der Waals surface area contributed by atoms with Gasteiger partial charge in [-0.15, -0.1) is 0 Å². The molecule has 0 amide bonds. The Bertz CT molecular complexity index is 433. The Kier molecular flexibility index (Phi) is 5.63. The molecule has 5 nitrogen and oxygen atoms in total. The van der Waals surface area contributed by atoms with E-state index in [1.165, 1.54) is 0 Å². The normalized spacial score (nSPS) is 12.3. The maximum Gasteiger partial charge on any atom is 0.320 e. The highest BCUT2D eigenvalue weighted by atomic mass is 16.5. The van der Waals surface area contributed by atoms with Crippen LogP contribution in [0.2, 0.25) is 0 Å². The molecule has 0 aliphatic rings. The smallest absolute Gasteiger partial charge is 0.320 e. The van der Waals surface area contributed by atoms with Crippen molar-refractivity contribution in [3.05, 3.63) is 23.8 Å². The molecule has 106 valence electrons. The lowest BCUT2D eigenvalue weighted by Crippen LogP contribution is -2.37. The molecule has 0 radical (unpaired) electrons. The molecule has 0 aromatic heterocycles. The van der Waals surface area contributed by atoms with E-state index in [2.05, 4.69) is 0 Å². The molecule has 1 unspecified atom stereocenters. The van der Waals surface area contributed by atoms with Crippen molar-refractivity contribution >= 4 is 5.97 Å². The summed E-state index contributed by atoms with van der Waals surface area (Å²) in [5.41, 5.74) is 1.09. The Morgan fingerprint density at radius 3 is 2.47 bits per heavy atom. The van der Waals surface area contributed by atoms with E-state index in [9.17, 15) is 4.79 Å². The van der Waals surface area contributed by atoms with E-state index in [4.69, 9.17) is 14.6 Å². The summed E-state index contributed by atoms with van der Waals surface area (Å²) in [7, 11) is 5.00. The van der Waals surface area contributed by atoms with Gasteiger partial charge in [-0.25, -0.2) is 0 Å². The molecule has 1 aromatic rings. The van der Waals surface area contributed by atoms with Crippen molar-refractivity contribution in [3.8, 4) is 11.5 Å². The molecule has 19 heavy (non-hydrogen) atoms. The third kappa shape index (κ3) is 4.13. The van der Waals surface area contributed by atoms with Crippen LogP contribution in [0.25, 0.3) is 0 Å². The van der Waals surface area contributed by atoms with Crippen molar-refractivity contribution in [2.45, 2.75) is 19.4 Å². The van der Waals surface area contributed by atoms with E-state index >= 15 is 0 Å². The van der Waals surface area contributed by atoms with Crippen LogP contribution in [0.3, 0.4) is 0 Å². The highest BCUT2D eigenvalue weighted by Crippen LogP contribution is 2.27. The van der Waals surface area contributed by atoms with Gasteiger partial charge < -0.3 is 14.6 Å². The van der Waals surface area contributed by atoms with Crippen LogP contribution in [0, 0.1) is 0 Å². The lowest BCUT2D eigenvalue weighted by molar-refractivity contribution is -0.142. The summed E-state index contributed by atoms with van der Waals surface area (Å²) in [5.74, 6) is 0.572. The number of carboxylic acids is 1. The first kappa shape index (κ1) is 15.3. The van der Waals surface area contributed by atoms with Crippen molar-refractivity contribution in [1.82, 2.24) is 4.90 Å². The summed E-state index contributed by atoms with van der Waals surface area (Å²) in [4.78, 5) is 12.7. The monoisotopic (exact) mass is 267 g/mol. The Morgan fingerprint density at radius 1 is 1.32 bits per heavy atom. The average molecular weight is 267 g/mol. The summed E-state index contributed by atoms with van der Waals surface area (Å²) in [6.45, 7) is 2.35. The van der Waals surface area contributed by atoms with Crippen LogP contribution in [0.5, 0.6) is 11.5 Å². The summed E-state index contributed by atoms with van der Waals surface area (Å²) in [6, 6.07) is 5.24. The van der Waals surface area contributed by atoms with E-state index in [0.29, 0.717) is 18.0 Å². The van der Waals surface area contributed by atoms with Gasteiger partial charge in [0.15, 0.2) is 11.5 Å². The largest absolute Gasteiger partial charge is 0.493 e. The number of aliphatic carboxylic acids is 1. The zero-order valence-electron chi connectivity index (χ0n) is 11.8. The summed E-state index contributed by atoms with van der Waals surface area (Å²) in [5, 5.41) is 8.92. The molecule has 0 aliphatic heterocycles. The van der Waals surface area contributed by atoms with Crippen molar-refractivity contribution in [1.29, 1.82) is 0 Å². The molecule has 0 aliphatic carbocycles. The standard InChI is InChI=1S/C14H21NO4/c1-10(14(16)17)15(2)8-7-11-5-6-12(18-3)13(9-11)19-4/h5-6,9-10H,7-8H2,1-4H3,(H,16,17). The highest BCUT2D eigenvalue weighted by molar-refractivity contribution is 5.72. The first-order chi connectivity index (χ1) is 8.99. The van der Waals surface area contributed by atoms with Crippen LogP contribution in [0.4, 0.5) is 0 Å². The van der Waals surface area contributed by atoms with Gasteiger partial charge in [-0.2, -0.15) is 0 Å². The average Bonchev–Trinajstić information content (AvgIpc) is 2.43. The Hall–Kier alpha value is -1.75. The SMILES string of the molecule is COc1ccc(CCN(C)C(C)C(=O)O)cc1OC. The minimum absolute atomic E-state index is 0.486. The molecular weight excluding hydrogens is 246 g/mol. The first-order valence-corrected chi connectivity index (χ1v) is 6.13. The Morgan fingerprint density at radius 2 is 1.95 bits per heavy atom. The second kappa shape index (κ2) is 6.99. The van der Waals surface area contributed by atoms with Gasteiger partial charge in [-0.05, 0) is 38.1 Å². The molecule has 0 saturated carbocycles. The number of ether oxygens (including phenoxy) is 2. The fourth-order valence-electron chi connectivity index (χ4n) is 1.72. The minimum Gasteiger partial charge on any atom is -0.493 e. The fraction of sp³-hybridized carbons (Fsp3) is 0.500. The number of methoxy groups -OCH3 is 2. The van der Waals surface area contributed by atoms with Crippen LogP contribution in [0.1, 0.15) is 12.5 Å². The van der Waals surface area contributed by atoms with Crippen molar-refractivity contribution in [2.24, 2.45) is 0 Å². The molecule has 0 heterocycles. The lowest BCUT2D eigenvalue weighted by Gasteiger charge is -2.21. The third-order valence-electron chi connectivity index (χ3n) is 3.22. The summed E-state index contributed by atoms with van der Waals surface area (Å²) >= 11 is 0. The third-order valence-corrected chi connectivity index (χ3v) is 3.22. The number of benzene rings is 1. The van der Waals surface area contributed by atoms with Crippen molar-refractivity contribution in [3.63, 3.8) is 0 Å². The summed E-state index contributed by atoms with van der Waals surface area (Å²) < 4.78 is 10.4. The van der Waals surface area contributed by atoms with Gasteiger partial charge in [0, 0.05) is 6.54 Å². The van der Waals surface area contributed by atoms with Crippen LogP contribution >= 0.6 is 0 Å². The quantitative estimate of drug-likeness (QED) is 0.814. The van der Waals surface area contributed by atoms with Crippen LogP contribution in [0.15, 0.2) is 18.2 Å². The Balaban J connectivity index is 2.65. The predicted octanol–water partition coefficient (Wildman–Crippen LogP) is 1.65. The second-order valence-corrected chi connectivity index (χ2v) is 4.43. The van der Waals surface area contributed by atoms with Gasteiger partial charge in [0.2, 0.25) is 0 Å². The summed E-state index contributed by atoms with van der Waals surface area (Å²) in [6.07, 6.45) is 0.758. The number of nitrogens with zero attached hydrogens (tertiary/aromatic N) is 1. The predicted molar refractivity (Wildman–Crippen MR) is 73.0 cm³/mol. The minimum atomic E-state index is -0.810. The van der Waals surface area contributed by atoms with Crippen LogP contribution in [-0.4, -0.2) is 49.8 Å². The second-order valence-electron chi connectivity index (χ2n) is 4.43. The van der Waals surface area contributed by atoms with Gasteiger partial charge in [0.25, 0.3) is 0 Å². The van der Waals surface area contributed by atoms with Gasteiger partial charge >= 0.3 is 5.97 Å². The topological polar surface area (TPSA) is 59.0 Å². The van der Waals surface area contributed by atoms with E-state index in [1.54, 1.807) is 33.1 Å². The molecule has 1 N–H and O–H groups in total. The zero-order chi connectivity index (χ0) is 14.4. The molecule has 0 bridgehead atoms. The van der Waals surface area contributed by atoms with E-state index < -0.39 is 12.0 Å². The van der Waals surface area contributed by atoms with Crippen LogP contribution < -0.4 is 9.47 Å². The molecule has 5 heteroatoms. The highest BCUT2D eigenvalue weighted by Gasteiger charge is 2.16. The van der Waals surface area contributed by atoms with Gasteiger partial charge in [0.1, 0.15) is 6.04 Å². The number of carbonyl (C=O) groups is 1. The van der Waals surface area contributed by atoms with Gasteiger partial charge in [-0.3, -0.25) is 9.69 Å². The number of likely N-dealkylation sites (N-methyl/N-ethyl adjacent to an activating group) is 1. The lowest BCUT2D eigenvalue weighted by atomic mass is 10.1. The van der Waals surface area contributed by atoms with Crippen LogP contribution in [-0.2, 0) is 11.2 Å². The number of carboxylic acid groups (broad SMARTS) is 1. The molecule has 0 saturated heterocycles. The first-order valence-electron chi connectivity index (χ1n) is 6.13. The molecule has 0 fully saturated rings. The maximum absolute atomic E-state index is 10.9. The molecule has 1 aromatic carbocycles. The maximum atomic E-state index is 10.9. The van der Waals surface area contributed by atoms with E-state index in [-0.39, 0.29) is 0 Å². The Labute approximate surface area is 113 Å². The van der Waals surface area contributed by atoms with Gasteiger partial charge in [-0.1, -0.05) is 6.07 Å². The van der Waals surface area contributed by atoms with Crippen molar-refractivity contribution < 1.29 is 19.4 Å². The van der Waals surface area contributed by atoms with E-state index in [0.717, 1.165) is 12.0 Å². The van der Waals surface area contributed by atoms with E-state index in [1.807, 2.05) is 18.2 Å². The number of rotatable bonds is 7. The fourth-order valence-corrected chi connectivity index (χ4v) is 1.72. The number of hydrogen-bond acceptors (Lipinski definition) is 4. The molecule has 1 rings (SSSR count). The molecular formula is C14H21NO4.